The second-order valence-electron chi connectivity index (χ2n) is 4.95. The number of likely N-dealkylation sites (N-methyl/N-ethyl adjacent to an activating group) is 2. The fourth-order valence-electron chi connectivity index (χ4n) is 1.61. The Balaban J connectivity index is 2.89. The van der Waals surface area contributed by atoms with Gasteiger partial charge in [-0.1, -0.05) is 13.8 Å². The topological polar surface area (TPSA) is 61.4 Å². The van der Waals surface area contributed by atoms with Crippen molar-refractivity contribution in [2.75, 3.05) is 44.4 Å². The number of aryl methyl sites for hydroxylation is 1. The van der Waals surface area contributed by atoms with Crippen LogP contribution in [0.5, 0.6) is 0 Å². The van der Waals surface area contributed by atoms with Crippen LogP contribution in [0.15, 0.2) is 6.07 Å². The predicted octanol–water partition coefficient (Wildman–Crippen LogP) is 1.39. The standard InChI is InChI=1S/C14H25N5O/c1-6-8-15-12-9-13(17-11(7-2)16-12)19(5)10-14(20)18(3)4/h9H,6-8,10H2,1-5H3,(H,15,16,17). The van der Waals surface area contributed by atoms with Crippen LogP contribution in [0.25, 0.3) is 0 Å². The van der Waals surface area contributed by atoms with E-state index in [9.17, 15) is 4.79 Å². The number of hydrogen-bond acceptors (Lipinski definition) is 5. The van der Waals surface area contributed by atoms with E-state index in [-0.39, 0.29) is 5.91 Å². The molecule has 0 bridgehead atoms. The number of nitrogens with zero attached hydrogens (tertiary/aromatic N) is 4. The first-order chi connectivity index (χ1) is 9.47. The lowest BCUT2D eigenvalue weighted by atomic mass is 10.3. The predicted molar refractivity (Wildman–Crippen MR) is 82.2 cm³/mol. The molecule has 0 aliphatic carbocycles. The van der Waals surface area contributed by atoms with Crippen LogP contribution in [-0.4, -0.2) is 55.0 Å². The number of carbonyl (C=O) groups is 1. The minimum atomic E-state index is 0.0484. The van der Waals surface area contributed by atoms with Crippen molar-refractivity contribution in [3.8, 4) is 0 Å². The number of nitrogens with one attached hydrogen (secondary N) is 1. The van der Waals surface area contributed by atoms with E-state index in [2.05, 4.69) is 22.2 Å². The summed E-state index contributed by atoms with van der Waals surface area (Å²) in [5.41, 5.74) is 0. The van der Waals surface area contributed by atoms with Crippen LogP contribution >= 0.6 is 0 Å². The molecule has 1 amide bonds. The highest BCUT2D eigenvalue weighted by Gasteiger charge is 2.12. The summed E-state index contributed by atoms with van der Waals surface area (Å²) in [5.74, 6) is 2.42. The largest absolute Gasteiger partial charge is 0.370 e. The first-order valence-electron chi connectivity index (χ1n) is 7.01. The van der Waals surface area contributed by atoms with Crippen molar-refractivity contribution in [3.05, 3.63) is 11.9 Å². The second kappa shape index (κ2) is 7.67. The van der Waals surface area contributed by atoms with E-state index in [1.165, 1.54) is 0 Å². The molecule has 0 saturated heterocycles. The zero-order valence-electron chi connectivity index (χ0n) is 13.1. The second-order valence-corrected chi connectivity index (χ2v) is 4.95. The molecule has 0 saturated carbocycles. The highest BCUT2D eigenvalue weighted by atomic mass is 16.2. The molecule has 0 aromatic carbocycles. The highest BCUT2D eigenvalue weighted by molar-refractivity contribution is 5.80. The zero-order valence-corrected chi connectivity index (χ0v) is 13.1. The summed E-state index contributed by atoms with van der Waals surface area (Å²) in [6.45, 7) is 5.31. The summed E-state index contributed by atoms with van der Waals surface area (Å²) >= 11 is 0. The van der Waals surface area contributed by atoms with Gasteiger partial charge in [-0.2, -0.15) is 0 Å². The Hall–Kier alpha value is -1.85. The van der Waals surface area contributed by atoms with Crippen molar-refractivity contribution < 1.29 is 4.79 Å². The van der Waals surface area contributed by atoms with Gasteiger partial charge in [-0.05, 0) is 6.42 Å². The molecular weight excluding hydrogens is 254 g/mol. The van der Waals surface area contributed by atoms with E-state index in [0.29, 0.717) is 6.54 Å². The van der Waals surface area contributed by atoms with Crippen molar-refractivity contribution in [2.45, 2.75) is 26.7 Å². The van der Waals surface area contributed by atoms with Crippen LogP contribution in [0.4, 0.5) is 11.6 Å². The lowest BCUT2D eigenvalue weighted by molar-refractivity contribution is -0.127. The van der Waals surface area contributed by atoms with E-state index in [1.54, 1.807) is 19.0 Å². The Morgan fingerprint density at radius 2 is 1.95 bits per heavy atom. The Morgan fingerprint density at radius 3 is 2.50 bits per heavy atom. The molecule has 1 N–H and O–H groups in total. The summed E-state index contributed by atoms with van der Waals surface area (Å²) in [6.07, 6.45) is 1.81. The Bertz CT molecular complexity index is 447. The van der Waals surface area contributed by atoms with Crippen molar-refractivity contribution in [3.63, 3.8) is 0 Å². The van der Waals surface area contributed by atoms with Gasteiger partial charge in [0, 0.05) is 40.2 Å². The molecule has 1 aromatic rings. The summed E-state index contributed by atoms with van der Waals surface area (Å²) in [5, 5.41) is 3.27. The molecule has 6 nitrogen and oxygen atoms in total. The molecule has 112 valence electrons. The third kappa shape index (κ3) is 4.68. The number of carbonyl (C=O) groups excluding carboxylic acids is 1. The van der Waals surface area contributed by atoms with Gasteiger partial charge in [0.2, 0.25) is 5.91 Å². The third-order valence-electron chi connectivity index (χ3n) is 2.89. The molecule has 0 aliphatic heterocycles. The number of anilines is 2. The maximum atomic E-state index is 11.8. The van der Waals surface area contributed by atoms with Crippen LogP contribution in [-0.2, 0) is 11.2 Å². The lowest BCUT2D eigenvalue weighted by Crippen LogP contribution is -2.34. The van der Waals surface area contributed by atoms with Gasteiger partial charge >= 0.3 is 0 Å². The Morgan fingerprint density at radius 1 is 1.25 bits per heavy atom. The van der Waals surface area contributed by atoms with Crippen LogP contribution in [0.1, 0.15) is 26.1 Å². The first-order valence-corrected chi connectivity index (χ1v) is 7.01. The molecule has 6 heteroatoms. The quantitative estimate of drug-likeness (QED) is 0.817. The Kier molecular flexibility index (Phi) is 6.21. The average Bonchev–Trinajstić information content (AvgIpc) is 2.44. The molecular formula is C14H25N5O. The minimum absolute atomic E-state index is 0.0484. The van der Waals surface area contributed by atoms with E-state index in [4.69, 9.17) is 0 Å². The van der Waals surface area contributed by atoms with Gasteiger partial charge in [0.1, 0.15) is 17.5 Å². The number of rotatable bonds is 7. The minimum Gasteiger partial charge on any atom is -0.370 e. The summed E-state index contributed by atoms with van der Waals surface area (Å²) < 4.78 is 0. The normalized spacial score (nSPS) is 10.2. The summed E-state index contributed by atoms with van der Waals surface area (Å²) in [6, 6.07) is 1.89. The van der Waals surface area contributed by atoms with E-state index < -0.39 is 0 Å². The van der Waals surface area contributed by atoms with Crippen molar-refractivity contribution in [1.82, 2.24) is 14.9 Å². The van der Waals surface area contributed by atoms with Gasteiger partial charge < -0.3 is 15.1 Å². The van der Waals surface area contributed by atoms with Crippen molar-refractivity contribution in [1.29, 1.82) is 0 Å². The maximum Gasteiger partial charge on any atom is 0.241 e. The molecule has 1 aromatic heterocycles. The molecule has 0 spiro atoms. The lowest BCUT2D eigenvalue weighted by Gasteiger charge is -2.21. The van der Waals surface area contributed by atoms with Crippen LogP contribution in [0, 0.1) is 0 Å². The molecule has 0 atom stereocenters. The van der Waals surface area contributed by atoms with Crippen molar-refractivity contribution in [2.24, 2.45) is 0 Å². The van der Waals surface area contributed by atoms with Gasteiger partial charge in [0.25, 0.3) is 0 Å². The molecule has 0 unspecified atom stereocenters. The molecule has 0 radical (unpaired) electrons. The number of amides is 1. The van der Waals surface area contributed by atoms with Crippen LogP contribution in [0.2, 0.25) is 0 Å². The SMILES string of the molecule is CCCNc1cc(N(C)CC(=O)N(C)C)nc(CC)n1. The van der Waals surface area contributed by atoms with Gasteiger partial charge in [0.15, 0.2) is 0 Å². The fraction of sp³-hybridized carbons (Fsp3) is 0.643. The monoisotopic (exact) mass is 279 g/mol. The first kappa shape index (κ1) is 16.2. The van der Waals surface area contributed by atoms with Gasteiger partial charge in [-0.25, -0.2) is 9.97 Å². The van der Waals surface area contributed by atoms with Crippen LogP contribution < -0.4 is 10.2 Å². The smallest absolute Gasteiger partial charge is 0.241 e. The number of hydrogen-bond donors (Lipinski definition) is 1. The molecule has 1 heterocycles. The van der Waals surface area contributed by atoms with Crippen molar-refractivity contribution >= 4 is 17.5 Å². The summed E-state index contributed by atoms with van der Waals surface area (Å²) in [7, 11) is 5.37. The van der Waals surface area contributed by atoms with E-state index >= 15 is 0 Å². The van der Waals surface area contributed by atoms with Gasteiger partial charge in [0.05, 0.1) is 6.54 Å². The van der Waals surface area contributed by atoms with Crippen LogP contribution in [0.3, 0.4) is 0 Å². The molecule has 0 fully saturated rings. The van der Waals surface area contributed by atoms with E-state index in [1.807, 2.05) is 24.9 Å². The third-order valence-corrected chi connectivity index (χ3v) is 2.89. The zero-order chi connectivity index (χ0) is 15.1. The fourth-order valence-corrected chi connectivity index (χ4v) is 1.61. The van der Waals surface area contributed by atoms with Gasteiger partial charge in [-0.3, -0.25) is 4.79 Å². The Labute approximate surface area is 121 Å². The number of aromatic nitrogens is 2. The average molecular weight is 279 g/mol. The molecule has 1 rings (SSSR count). The molecule has 0 aliphatic rings. The maximum absolute atomic E-state index is 11.8. The highest BCUT2D eigenvalue weighted by Crippen LogP contribution is 2.15. The molecule has 20 heavy (non-hydrogen) atoms. The van der Waals surface area contributed by atoms with E-state index in [0.717, 1.165) is 36.8 Å². The summed E-state index contributed by atoms with van der Waals surface area (Å²) in [4.78, 5) is 24.1. The van der Waals surface area contributed by atoms with Gasteiger partial charge in [-0.15, -0.1) is 0 Å².